The molecule has 0 bridgehead atoms. The molecule has 1 heterocycles. The zero-order chi connectivity index (χ0) is 9.80. The number of nitrogens with zero attached hydrogens (tertiary/aromatic N) is 1. The molecule has 0 aliphatic rings. The van der Waals surface area contributed by atoms with Crippen LogP contribution >= 0.6 is 0 Å². The third kappa shape index (κ3) is 3.51. The van der Waals surface area contributed by atoms with Crippen LogP contribution in [0.1, 0.15) is 17.0 Å². The zero-order valence-corrected chi connectivity index (χ0v) is 9.46. The molecule has 0 spiro atoms. The zero-order valence-electron chi connectivity index (χ0n) is 8.18. The van der Waals surface area contributed by atoms with Crippen molar-refractivity contribution < 1.29 is 17.4 Å². The summed E-state index contributed by atoms with van der Waals surface area (Å²) in [4.78, 5) is 4.23. The van der Waals surface area contributed by atoms with Crippen LogP contribution in [0.5, 0.6) is 0 Å². The molecule has 0 atom stereocenters. The number of hydrogen-bond donors (Lipinski definition) is 0. The van der Waals surface area contributed by atoms with Crippen molar-refractivity contribution in [2.24, 2.45) is 0 Å². The van der Waals surface area contributed by atoms with E-state index < -0.39 is 0 Å². The van der Waals surface area contributed by atoms with Crippen LogP contribution in [0.15, 0.2) is 42.5 Å². The minimum absolute atomic E-state index is 0. The van der Waals surface area contributed by atoms with Crippen molar-refractivity contribution in [2.45, 2.75) is 6.42 Å². The maximum absolute atomic E-state index is 5.59. The minimum atomic E-state index is 0. The molecule has 2 rings (SSSR count). The number of pyridine rings is 1. The van der Waals surface area contributed by atoms with Gasteiger partial charge in [0.05, 0.1) is 0 Å². The van der Waals surface area contributed by atoms with Gasteiger partial charge in [-0.3, -0.25) is 4.98 Å². The maximum Gasteiger partial charge on any atom is 0.0451 e. The van der Waals surface area contributed by atoms with Crippen molar-refractivity contribution >= 4 is 0 Å². The molecule has 0 unspecified atom stereocenters. The van der Waals surface area contributed by atoms with Crippen LogP contribution in [-0.4, -0.2) is 4.98 Å². The van der Waals surface area contributed by atoms with E-state index in [0.29, 0.717) is 5.69 Å². The van der Waals surface area contributed by atoms with Crippen LogP contribution < -0.4 is 0 Å². The largest absolute Gasteiger partial charge is 0.257 e. The Kier molecular flexibility index (Phi) is 4.55. The Bertz CT molecular complexity index is 412. The average molecular weight is 232 g/mol. The molecule has 0 aliphatic carbocycles. The molecule has 0 N–H and O–H groups in total. The summed E-state index contributed by atoms with van der Waals surface area (Å²) < 4.78 is 0. The number of hydrogen-bond acceptors (Lipinski definition) is 1. The maximum atomic E-state index is 5.59. The third-order valence-electron chi connectivity index (χ3n) is 1.97. The van der Waals surface area contributed by atoms with Gasteiger partial charge in [0.15, 0.2) is 0 Å². The second-order valence-electron chi connectivity index (χ2n) is 3.12. The average Bonchev–Trinajstić information content (AvgIpc) is 2.19. The van der Waals surface area contributed by atoms with Gasteiger partial charge < -0.3 is 0 Å². The van der Waals surface area contributed by atoms with E-state index in [1.165, 1.54) is 0 Å². The molecule has 0 aliphatic heterocycles. The molecule has 1 aromatic heterocycles. The first-order valence-electron chi connectivity index (χ1n) is 4.51. The first kappa shape index (κ1) is 12.0. The third-order valence-corrected chi connectivity index (χ3v) is 1.97. The predicted octanol–water partition coefficient (Wildman–Crippen LogP) is 2.53. The Hall–Kier alpha value is -1.10. The smallest absolute Gasteiger partial charge is 0.0451 e. The summed E-state index contributed by atoms with van der Waals surface area (Å²) >= 11 is 0. The van der Waals surface area contributed by atoms with Crippen LogP contribution in [0.3, 0.4) is 0 Å². The molecule has 0 fully saturated rings. The first-order valence-corrected chi connectivity index (χ1v) is 4.51. The van der Waals surface area contributed by atoms with Gasteiger partial charge in [0.25, 0.3) is 0 Å². The van der Waals surface area contributed by atoms with Gasteiger partial charge in [-0.2, -0.15) is 35.9 Å². The summed E-state index contributed by atoms with van der Waals surface area (Å²) in [6.07, 6.45) is 0.784. The summed E-state index contributed by atoms with van der Waals surface area (Å²) in [5.41, 5.74) is 2.68. The van der Waals surface area contributed by atoms with Gasteiger partial charge in [-0.1, -0.05) is 6.07 Å². The van der Waals surface area contributed by atoms with E-state index >= 15 is 0 Å². The summed E-state index contributed by atoms with van der Waals surface area (Å²) in [5, 5.41) is 0. The number of rotatable bonds is 2. The Balaban J connectivity index is 0.00000112. The minimum Gasteiger partial charge on any atom is -0.257 e. The van der Waals surface area contributed by atoms with E-state index in [9.17, 15) is 0 Å². The summed E-state index contributed by atoms with van der Waals surface area (Å²) in [5.74, 6) is 0. The van der Waals surface area contributed by atoms with Gasteiger partial charge in [0.1, 0.15) is 0 Å². The molecule has 74 valence electrons. The fourth-order valence-electron chi connectivity index (χ4n) is 1.33. The molecule has 2 aromatic rings. The molecule has 0 amide bonds. The topological polar surface area (TPSA) is 12.9 Å². The molecule has 2 heteroatoms. The molecule has 0 saturated carbocycles. The summed E-state index contributed by atoms with van der Waals surface area (Å²) in [6.45, 7) is 5.59. The van der Waals surface area contributed by atoms with Crippen LogP contribution in [0.2, 0.25) is 0 Å². The monoisotopic (exact) mass is 232 g/mol. The Labute approximate surface area is 101 Å². The van der Waals surface area contributed by atoms with Crippen molar-refractivity contribution in [1.29, 1.82) is 0 Å². The van der Waals surface area contributed by atoms with Crippen LogP contribution in [0.25, 0.3) is 0 Å². The predicted molar refractivity (Wildman–Crippen MR) is 55.7 cm³/mol. The molecular formula is C13H10CrN-. The standard InChI is InChI=1S/C13H10N.Cr/c1-11-6-5-9-13(14-11)10-12-7-3-2-4-8-12;/h1-7,9H,10H2;/q-1;. The number of benzene rings is 1. The first-order chi connectivity index (χ1) is 6.84. The van der Waals surface area contributed by atoms with Gasteiger partial charge in [-0.05, 0) is 18.6 Å². The van der Waals surface area contributed by atoms with E-state index in [0.717, 1.165) is 17.7 Å². The fraction of sp³-hybridized carbons (Fsp3) is 0.0769. The normalized spacial score (nSPS) is 9.40. The van der Waals surface area contributed by atoms with Crippen molar-refractivity contribution in [3.05, 3.63) is 72.4 Å². The van der Waals surface area contributed by atoms with Crippen molar-refractivity contribution in [3.8, 4) is 0 Å². The van der Waals surface area contributed by atoms with Gasteiger partial charge in [0, 0.05) is 35.7 Å². The Morgan fingerprint density at radius 1 is 1.13 bits per heavy atom. The van der Waals surface area contributed by atoms with Crippen molar-refractivity contribution in [1.82, 2.24) is 4.98 Å². The quantitative estimate of drug-likeness (QED) is 0.725. The van der Waals surface area contributed by atoms with E-state index in [2.05, 4.69) is 11.1 Å². The van der Waals surface area contributed by atoms with Gasteiger partial charge in [0.2, 0.25) is 0 Å². The molecular weight excluding hydrogens is 222 g/mol. The van der Waals surface area contributed by atoms with Gasteiger partial charge in [-0.25, -0.2) is 0 Å². The van der Waals surface area contributed by atoms with Crippen LogP contribution in [0.4, 0.5) is 0 Å². The second kappa shape index (κ2) is 5.70. The molecule has 0 saturated heterocycles. The molecule has 1 nitrogen and oxygen atoms in total. The number of aromatic nitrogens is 1. The molecule has 2 radical (unpaired) electrons. The Morgan fingerprint density at radius 2 is 2.00 bits per heavy atom. The Morgan fingerprint density at radius 3 is 2.67 bits per heavy atom. The molecule has 1 aromatic carbocycles. The SMILES string of the molecule is [CH]c1cccc(Cc2[c-]cccc2)n1.[Cr]. The van der Waals surface area contributed by atoms with E-state index in [1.54, 1.807) is 6.07 Å². The second-order valence-corrected chi connectivity index (χ2v) is 3.12. The van der Waals surface area contributed by atoms with E-state index in [-0.39, 0.29) is 17.4 Å². The van der Waals surface area contributed by atoms with E-state index in [4.69, 9.17) is 6.92 Å². The van der Waals surface area contributed by atoms with Crippen LogP contribution in [0, 0.1) is 13.0 Å². The van der Waals surface area contributed by atoms with Gasteiger partial charge in [-0.15, -0.1) is 0 Å². The van der Waals surface area contributed by atoms with Gasteiger partial charge >= 0.3 is 0 Å². The molecule has 15 heavy (non-hydrogen) atoms. The van der Waals surface area contributed by atoms with E-state index in [1.807, 2.05) is 36.4 Å². The van der Waals surface area contributed by atoms with Crippen LogP contribution in [-0.2, 0) is 23.8 Å². The summed E-state index contributed by atoms with van der Waals surface area (Å²) in [6, 6.07) is 16.7. The van der Waals surface area contributed by atoms with Crippen molar-refractivity contribution in [2.75, 3.05) is 0 Å². The van der Waals surface area contributed by atoms with Crippen molar-refractivity contribution in [3.63, 3.8) is 0 Å². The fourth-order valence-corrected chi connectivity index (χ4v) is 1.33. The summed E-state index contributed by atoms with van der Waals surface area (Å²) in [7, 11) is 0.